The fraction of sp³-hybridized carbons (Fsp3) is 0.857. The molecule has 0 unspecified atom stereocenters. The maximum Gasteiger partial charge on any atom is 0.401 e. The molecule has 1 N–H and O–H groups in total. The average Bonchev–Trinajstić information content (AvgIpc) is 1.97. The Morgan fingerprint density at radius 2 is 1.53 bits per heavy atom. The van der Waals surface area contributed by atoms with Gasteiger partial charge in [-0.05, 0) is 0 Å². The highest BCUT2D eigenvalue weighted by molar-refractivity contribution is 5.80. The molecule has 90 valence electrons. The number of carbonyl (C=O) groups is 1. The van der Waals surface area contributed by atoms with Gasteiger partial charge in [-0.25, -0.2) is 0 Å². The summed E-state index contributed by atoms with van der Waals surface area (Å²) in [6, 6.07) is 0. The number of ketones is 1. The topological polar surface area (TPSA) is 29.1 Å². The third kappa shape index (κ3) is 11.1. The van der Waals surface area contributed by atoms with Crippen LogP contribution in [0.1, 0.15) is 12.8 Å². The Morgan fingerprint density at radius 3 is 1.93 bits per heavy atom. The molecular weight excluding hydrogens is 228 g/mol. The molecule has 0 radical (unpaired) electrons. The Labute approximate surface area is 81.6 Å². The Balaban J connectivity index is 3.60. The van der Waals surface area contributed by atoms with Crippen molar-refractivity contribution in [3.05, 3.63) is 0 Å². The first kappa shape index (κ1) is 14.2. The van der Waals surface area contributed by atoms with Gasteiger partial charge in [0.15, 0.2) is 0 Å². The first-order valence-corrected chi connectivity index (χ1v) is 3.96. The molecule has 0 aromatic heterocycles. The van der Waals surface area contributed by atoms with Gasteiger partial charge in [-0.15, -0.1) is 0 Å². The first-order valence-electron chi connectivity index (χ1n) is 3.96. The number of Topliss-reactive ketones (excluding diaryl/α,β-unsaturated/α-hetero) is 1. The quantitative estimate of drug-likeness (QED) is 0.741. The molecule has 0 spiro atoms. The van der Waals surface area contributed by atoms with Crippen LogP contribution in [0.5, 0.6) is 0 Å². The van der Waals surface area contributed by atoms with Crippen molar-refractivity contribution in [3.63, 3.8) is 0 Å². The van der Waals surface area contributed by atoms with Crippen molar-refractivity contribution in [1.82, 2.24) is 5.32 Å². The van der Waals surface area contributed by atoms with Gasteiger partial charge in [0.25, 0.3) is 0 Å². The van der Waals surface area contributed by atoms with E-state index in [0.717, 1.165) is 0 Å². The Bertz CT molecular complexity index is 209. The van der Waals surface area contributed by atoms with Gasteiger partial charge in [-0.2, -0.15) is 26.3 Å². The standard InChI is InChI=1S/C7H9F6NO/c8-6(9,10)2-1-5(15)3-14-4-7(11,12)13/h14H,1-4H2. The number of hydrogen-bond donors (Lipinski definition) is 1. The molecule has 0 aromatic rings. The smallest absolute Gasteiger partial charge is 0.302 e. The minimum absolute atomic E-state index is 0.699. The summed E-state index contributed by atoms with van der Waals surface area (Å²) >= 11 is 0. The van der Waals surface area contributed by atoms with Crippen LogP contribution in [0.2, 0.25) is 0 Å². The van der Waals surface area contributed by atoms with Crippen molar-refractivity contribution in [2.45, 2.75) is 25.2 Å². The molecule has 0 saturated carbocycles. The molecule has 8 heteroatoms. The van der Waals surface area contributed by atoms with Gasteiger partial charge in [0.2, 0.25) is 0 Å². The lowest BCUT2D eigenvalue weighted by Crippen LogP contribution is -2.33. The number of rotatable bonds is 5. The SMILES string of the molecule is O=C(CCC(F)(F)F)CNCC(F)(F)F. The lowest BCUT2D eigenvalue weighted by molar-refractivity contribution is -0.143. The minimum Gasteiger partial charge on any atom is -0.302 e. The number of hydrogen-bond acceptors (Lipinski definition) is 2. The number of carbonyl (C=O) groups excluding carboxylic acids is 1. The summed E-state index contributed by atoms with van der Waals surface area (Å²) in [5.74, 6) is -0.892. The van der Waals surface area contributed by atoms with Crippen LogP contribution >= 0.6 is 0 Å². The van der Waals surface area contributed by atoms with E-state index in [1.54, 1.807) is 5.32 Å². The second-order valence-electron chi connectivity index (χ2n) is 2.87. The van der Waals surface area contributed by atoms with Gasteiger partial charge in [0.1, 0.15) is 5.78 Å². The Kier molecular flexibility index (Phi) is 5.06. The lowest BCUT2D eigenvalue weighted by atomic mass is 10.2. The largest absolute Gasteiger partial charge is 0.401 e. The summed E-state index contributed by atoms with van der Waals surface area (Å²) in [6.45, 7) is -2.08. The maximum absolute atomic E-state index is 11.6. The van der Waals surface area contributed by atoms with Crippen molar-refractivity contribution < 1.29 is 31.1 Å². The molecule has 0 fully saturated rings. The second-order valence-corrected chi connectivity index (χ2v) is 2.87. The normalized spacial score (nSPS) is 12.9. The maximum atomic E-state index is 11.6. The average molecular weight is 237 g/mol. The van der Waals surface area contributed by atoms with E-state index in [-0.39, 0.29) is 0 Å². The zero-order valence-electron chi connectivity index (χ0n) is 7.50. The molecule has 2 nitrogen and oxygen atoms in total. The highest BCUT2D eigenvalue weighted by Gasteiger charge is 2.29. The molecule has 0 saturated heterocycles. The predicted molar refractivity (Wildman–Crippen MR) is 39.2 cm³/mol. The van der Waals surface area contributed by atoms with Crippen LogP contribution in [0.4, 0.5) is 26.3 Å². The van der Waals surface area contributed by atoms with E-state index in [2.05, 4.69) is 0 Å². The number of alkyl halides is 6. The van der Waals surface area contributed by atoms with Crippen LogP contribution in [0.15, 0.2) is 0 Å². The predicted octanol–water partition coefficient (Wildman–Crippen LogP) is 2.05. The molecule has 0 aliphatic carbocycles. The molecule has 0 aliphatic heterocycles. The molecule has 0 heterocycles. The molecule has 0 aromatic carbocycles. The van der Waals surface area contributed by atoms with E-state index >= 15 is 0 Å². The fourth-order valence-electron chi connectivity index (χ4n) is 0.713. The number of nitrogens with one attached hydrogen (secondary N) is 1. The van der Waals surface area contributed by atoms with E-state index < -0.39 is 44.1 Å². The summed E-state index contributed by atoms with van der Waals surface area (Å²) in [7, 11) is 0. The van der Waals surface area contributed by atoms with Crippen LogP contribution in [-0.2, 0) is 4.79 Å². The third-order valence-corrected chi connectivity index (χ3v) is 1.33. The van der Waals surface area contributed by atoms with E-state index in [1.165, 1.54) is 0 Å². The van der Waals surface area contributed by atoms with Crippen molar-refractivity contribution in [2.24, 2.45) is 0 Å². The Morgan fingerprint density at radius 1 is 1.00 bits per heavy atom. The second kappa shape index (κ2) is 5.34. The van der Waals surface area contributed by atoms with Crippen LogP contribution in [0, 0.1) is 0 Å². The molecule has 0 aliphatic rings. The van der Waals surface area contributed by atoms with Gasteiger partial charge >= 0.3 is 12.4 Å². The fourth-order valence-corrected chi connectivity index (χ4v) is 0.713. The van der Waals surface area contributed by atoms with Crippen LogP contribution < -0.4 is 5.32 Å². The van der Waals surface area contributed by atoms with Crippen molar-refractivity contribution in [3.8, 4) is 0 Å². The van der Waals surface area contributed by atoms with Crippen molar-refractivity contribution in [2.75, 3.05) is 13.1 Å². The van der Waals surface area contributed by atoms with Crippen molar-refractivity contribution >= 4 is 5.78 Å². The molecule has 0 bridgehead atoms. The molecule has 0 rings (SSSR count). The summed E-state index contributed by atoms with van der Waals surface area (Å²) in [5.41, 5.74) is 0. The summed E-state index contributed by atoms with van der Waals surface area (Å²) in [5, 5.41) is 1.72. The molecule has 0 amide bonds. The van der Waals surface area contributed by atoms with Gasteiger partial charge < -0.3 is 5.32 Å². The highest BCUT2D eigenvalue weighted by atomic mass is 19.4. The third-order valence-electron chi connectivity index (χ3n) is 1.33. The Hall–Kier alpha value is -0.790. The van der Waals surface area contributed by atoms with Gasteiger partial charge in [0.05, 0.1) is 19.5 Å². The van der Waals surface area contributed by atoms with Crippen LogP contribution in [0.25, 0.3) is 0 Å². The van der Waals surface area contributed by atoms with E-state index in [1.807, 2.05) is 0 Å². The van der Waals surface area contributed by atoms with Gasteiger partial charge in [-0.3, -0.25) is 4.79 Å². The zero-order valence-corrected chi connectivity index (χ0v) is 7.50. The van der Waals surface area contributed by atoms with Gasteiger partial charge in [-0.1, -0.05) is 0 Å². The van der Waals surface area contributed by atoms with E-state index in [0.29, 0.717) is 0 Å². The number of halogens is 6. The molecular formula is C7H9F6NO. The highest BCUT2D eigenvalue weighted by Crippen LogP contribution is 2.21. The first-order chi connectivity index (χ1) is 6.60. The summed E-state index contributed by atoms with van der Waals surface area (Å²) in [6.07, 6.45) is -11.0. The van der Waals surface area contributed by atoms with E-state index in [4.69, 9.17) is 0 Å². The monoisotopic (exact) mass is 237 g/mol. The zero-order chi connectivity index (χ0) is 12.1. The lowest BCUT2D eigenvalue weighted by Gasteiger charge is -2.08. The van der Waals surface area contributed by atoms with Gasteiger partial charge in [0, 0.05) is 6.42 Å². The van der Waals surface area contributed by atoms with Crippen molar-refractivity contribution in [1.29, 1.82) is 0 Å². The minimum atomic E-state index is -4.47. The summed E-state index contributed by atoms with van der Waals surface area (Å²) < 4.78 is 69.3. The summed E-state index contributed by atoms with van der Waals surface area (Å²) in [4.78, 5) is 10.6. The van der Waals surface area contributed by atoms with Crippen LogP contribution in [0.3, 0.4) is 0 Å². The van der Waals surface area contributed by atoms with E-state index in [9.17, 15) is 31.1 Å². The molecule has 0 atom stereocenters. The molecule has 15 heavy (non-hydrogen) atoms. The van der Waals surface area contributed by atoms with Crippen LogP contribution in [-0.4, -0.2) is 31.2 Å².